The summed E-state index contributed by atoms with van der Waals surface area (Å²) >= 11 is 0. The lowest BCUT2D eigenvalue weighted by Crippen LogP contribution is -2.66. The van der Waals surface area contributed by atoms with Crippen LogP contribution in [0.4, 0.5) is 0 Å². The fraction of sp³-hybridized carbons (Fsp3) is 0.684. The Hall–Kier alpha value is -1.50. The highest BCUT2D eigenvalue weighted by molar-refractivity contribution is 5.94. The molecule has 0 N–H and O–H groups in total. The SMILES string of the molecule is O=C(c1ccncc1)N1CC2(C1)OCCC2COCC1CCOCC1. The molecule has 0 radical (unpaired) electrons. The summed E-state index contributed by atoms with van der Waals surface area (Å²) in [5, 5.41) is 0. The Labute approximate surface area is 148 Å². The van der Waals surface area contributed by atoms with Crippen LogP contribution in [0.2, 0.25) is 0 Å². The Balaban J connectivity index is 1.27. The fourth-order valence-corrected chi connectivity index (χ4v) is 4.08. The summed E-state index contributed by atoms with van der Waals surface area (Å²) in [5.41, 5.74) is 0.494. The minimum Gasteiger partial charge on any atom is -0.381 e. The van der Waals surface area contributed by atoms with Crippen molar-refractivity contribution < 1.29 is 19.0 Å². The van der Waals surface area contributed by atoms with E-state index in [0.29, 0.717) is 30.5 Å². The van der Waals surface area contributed by atoms with Gasteiger partial charge in [-0.05, 0) is 37.3 Å². The Morgan fingerprint density at radius 1 is 1.16 bits per heavy atom. The molecule has 4 heterocycles. The molecule has 0 aliphatic carbocycles. The molecule has 1 unspecified atom stereocenters. The maximum absolute atomic E-state index is 12.5. The van der Waals surface area contributed by atoms with Crippen LogP contribution in [-0.2, 0) is 14.2 Å². The first kappa shape index (κ1) is 16.9. The highest BCUT2D eigenvalue weighted by atomic mass is 16.5. The molecule has 3 aliphatic rings. The van der Waals surface area contributed by atoms with Crippen LogP contribution in [0.1, 0.15) is 29.6 Å². The summed E-state index contributed by atoms with van der Waals surface area (Å²) in [6.45, 7) is 5.36. The van der Waals surface area contributed by atoms with E-state index in [1.54, 1.807) is 24.5 Å². The van der Waals surface area contributed by atoms with Crippen LogP contribution in [0, 0.1) is 11.8 Å². The van der Waals surface area contributed by atoms with Crippen LogP contribution in [0.5, 0.6) is 0 Å². The molecule has 1 spiro atoms. The highest BCUT2D eigenvalue weighted by Gasteiger charge is 2.54. The van der Waals surface area contributed by atoms with Crippen LogP contribution in [0.25, 0.3) is 0 Å². The second-order valence-corrected chi connectivity index (χ2v) is 7.39. The molecule has 0 bridgehead atoms. The van der Waals surface area contributed by atoms with E-state index >= 15 is 0 Å². The molecule has 3 saturated heterocycles. The van der Waals surface area contributed by atoms with Gasteiger partial charge in [0.25, 0.3) is 5.91 Å². The molecule has 0 aromatic carbocycles. The monoisotopic (exact) mass is 346 g/mol. The maximum Gasteiger partial charge on any atom is 0.254 e. The summed E-state index contributed by atoms with van der Waals surface area (Å²) in [7, 11) is 0. The van der Waals surface area contributed by atoms with Crippen molar-refractivity contribution in [1.82, 2.24) is 9.88 Å². The van der Waals surface area contributed by atoms with E-state index in [1.807, 2.05) is 4.90 Å². The first-order chi connectivity index (χ1) is 12.3. The minimum absolute atomic E-state index is 0.0606. The van der Waals surface area contributed by atoms with Crippen molar-refractivity contribution in [3.63, 3.8) is 0 Å². The number of ether oxygens (including phenoxy) is 3. The third kappa shape index (κ3) is 3.57. The average Bonchev–Trinajstić information content (AvgIpc) is 3.05. The molecule has 1 amide bonds. The van der Waals surface area contributed by atoms with Gasteiger partial charge in [0.05, 0.1) is 19.7 Å². The van der Waals surface area contributed by atoms with Gasteiger partial charge in [-0.15, -0.1) is 0 Å². The zero-order chi connectivity index (χ0) is 17.1. The third-order valence-corrected chi connectivity index (χ3v) is 5.74. The van der Waals surface area contributed by atoms with E-state index in [2.05, 4.69) is 4.98 Å². The largest absolute Gasteiger partial charge is 0.381 e. The van der Waals surface area contributed by atoms with Crippen molar-refractivity contribution in [2.45, 2.75) is 24.9 Å². The zero-order valence-electron chi connectivity index (χ0n) is 14.6. The Morgan fingerprint density at radius 3 is 2.68 bits per heavy atom. The second-order valence-electron chi connectivity index (χ2n) is 7.39. The van der Waals surface area contributed by atoms with Crippen LogP contribution in [0.3, 0.4) is 0 Å². The van der Waals surface area contributed by atoms with Crippen molar-refractivity contribution in [3.05, 3.63) is 30.1 Å². The van der Waals surface area contributed by atoms with E-state index in [1.165, 1.54) is 0 Å². The molecular formula is C19H26N2O4. The lowest BCUT2D eigenvalue weighted by molar-refractivity contribution is -0.129. The summed E-state index contributed by atoms with van der Waals surface area (Å²) < 4.78 is 17.5. The van der Waals surface area contributed by atoms with Gasteiger partial charge in [-0.3, -0.25) is 9.78 Å². The van der Waals surface area contributed by atoms with Crippen molar-refractivity contribution in [2.24, 2.45) is 11.8 Å². The number of amides is 1. The molecule has 6 heteroatoms. The summed E-state index contributed by atoms with van der Waals surface area (Å²) in [6.07, 6.45) is 6.52. The smallest absolute Gasteiger partial charge is 0.254 e. The van der Waals surface area contributed by atoms with Crippen molar-refractivity contribution >= 4 is 5.91 Å². The summed E-state index contributed by atoms with van der Waals surface area (Å²) in [5.74, 6) is 1.07. The molecule has 1 atom stereocenters. The highest BCUT2D eigenvalue weighted by Crippen LogP contribution is 2.40. The summed E-state index contributed by atoms with van der Waals surface area (Å²) in [4.78, 5) is 18.3. The van der Waals surface area contributed by atoms with Crippen molar-refractivity contribution in [2.75, 3.05) is 46.1 Å². The van der Waals surface area contributed by atoms with Gasteiger partial charge in [0.2, 0.25) is 0 Å². The predicted molar refractivity (Wildman–Crippen MR) is 91.3 cm³/mol. The molecule has 1 aromatic rings. The minimum atomic E-state index is -0.196. The standard InChI is InChI=1S/C19H26N2O4/c22-18(16-1-6-20-7-2-16)21-13-19(14-21)17(5-10-25-19)12-24-11-15-3-8-23-9-4-15/h1-2,6-7,15,17H,3-5,8-14H2. The fourth-order valence-electron chi connectivity index (χ4n) is 4.08. The van der Waals surface area contributed by atoms with Gasteiger partial charge in [0.1, 0.15) is 5.60 Å². The van der Waals surface area contributed by atoms with Gasteiger partial charge >= 0.3 is 0 Å². The second kappa shape index (κ2) is 7.40. The number of hydrogen-bond acceptors (Lipinski definition) is 5. The predicted octanol–water partition coefficient (Wildman–Crippen LogP) is 1.76. The average molecular weight is 346 g/mol. The summed E-state index contributed by atoms with van der Waals surface area (Å²) in [6, 6.07) is 3.52. The van der Waals surface area contributed by atoms with Gasteiger partial charge in [-0.25, -0.2) is 0 Å². The van der Waals surface area contributed by atoms with E-state index < -0.39 is 0 Å². The Bertz CT molecular complexity index is 582. The number of carbonyl (C=O) groups excluding carboxylic acids is 1. The number of carbonyl (C=O) groups is 1. The molecule has 25 heavy (non-hydrogen) atoms. The number of nitrogens with zero attached hydrogens (tertiary/aromatic N) is 2. The number of pyridine rings is 1. The number of hydrogen-bond donors (Lipinski definition) is 0. The molecule has 3 fully saturated rings. The van der Waals surface area contributed by atoms with Gasteiger partial charge in [0, 0.05) is 50.3 Å². The Morgan fingerprint density at radius 2 is 1.92 bits per heavy atom. The van der Waals surface area contributed by atoms with E-state index in [4.69, 9.17) is 14.2 Å². The van der Waals surface area contributed by atoms with Gasteiger partial charge < -0.3 is 19.1 Å². The third-order valence-electron chi connectivity index (χ3n) is 5.74. The van der Waals surface area contributed by atoms with Crippen LogP contribution in [-0.4, -0.2) is 67.5 Å². The van der Waals surface area contributed by atoms with Gasteiger partial charge in [-0.1, -0.05) is 0 Å². The van der Waals surface area contributed by atoms with Crippen molar-refractivity contribution in [1.29, 1.82) is 0 Å². The molecule has 6 nitrogen and oxygen atoms in total. The van der Waals surface area contributed by atoms with Gasteiger partial charge in [0.15, 0.2) is 0 Å². The van der Waals surface area contributed by atoms with Crippen molar-refractivity contribution in [3.8, 4) is 0 Å². The van der Waals surface area contributed by atoms with Crippen LogP contribution in [0.15, 0.2) is 24.5 Å². The normalized spacial score (nSPS) is 25.9. The number of rotatable bonds is 5. The molecule has 0 saturated carbocycles. The molecule has 4 rings (SSSR count). The Kier molecular flexibility index (Phi) is 5.01. The quantitative estimate of drug-likeness (QED) is 0.813. The van der Waals surface area contributed by atoms with Gasteiger partial charge in [-0.2, -0.15) is 0 Å². The molecular weight excluding hydrogens is 320 g/mol. The lowest BCUT2D eigenvalue weighted by Gasteiger charge is -2.50. The van der Waals surface area contributed by atoms with E-state index in [0.717, 1.165) is 52.3 Å². The van der Waals surface area contributed by atoms with Crippen LogP contribution >= 0.6 is 0 Å². The zero-order valence-corrected chi connectivity index (χ0v) is 14.6. The van der Waals surface area contributed by atoms with Crippen LogP contribution < -0.4 is 0 Å². The molecule has 136 valence electrons. The molecule has 3 aliphatic heterocycles. The lowest BCUT2D eigenvalue weighted by atomic mass is 9.81. The number of likely N-dealkylation sites (tertiary alicyclic amines) is 1. The van der Waals surface area contributed by atoms with E-state index in [-0.39, 0.29) is 11.5 Å². The first-order valence-corrected chi connectivity index (χ1v) is 9.26. The number of aromatic nitrogens is 1. The van der Waals surface area contributed by atoms with E-state index in [9.17, 15) is 4.79 Å². The maximum atomic E-state index is 12.5. The first-order valence-electron chi connectivity index (χ1n) is 9.26. The topological polar surface area (TPSA) is 60.9 Å². The molecule has 1 aromatic heterocycles.